The smallest absolute Gasteiger partial charge is 0.233 e. The van der Waals surface area contributed by atoms with Gasteiger partial charge in [-0.1, -0.05) is 35.5 Å². The number of hydrogen-bond donors (Lipinski definition) is 0. The largest absolute Gasteiger partial charge is 0.353 e. The van der Waals surface area contributed by atoms with Gasteiger partial charge in [0.05, 0.1) is 11.4 Å². The molecular formula is C25H31N7OS. The van der Waals surface area contributed by atoms with E-state index in [0.29, 0.717) is 18.8 Å². The van der Waals surface area contributed by atoms with E-state index in [9.17, 15) is 4.79 Å². The SMILES string of the molecule is Cc1ccc(-n2c(SCC(=O)N3CCN(c4ccccn4)CC3)nnc2N2CCCCC2)cc1. The lowest BCUT2D eigenvalue weighted by molar-refractivity contribution is -0.128. The average Bonchev–Trinajstić information content (AvgIpc) is 3.33. The van der Waals surface area contributed by atoms with Gasteiger partial charge >= 0.3 is 0 Å². The number of amides is 1. The fourth-order valence-corrected chi connectivity index (χ4v) is 5.37. The lowest BCUT2D eigenvalue weighted by atomic mass is 10.1. The van der Waals surface area contributed by atoms with Crippen LogP contribution in [0.15, 0.2) is 53.8 Å². The molecule has 5 rings (SSSR count). The van der Waals surface area contributed by atoms with E-state index in [2.05, 4.69) is 60.7 Å². The summed E-state index contributed by atoms with van der Waals surface area (Å²) < 4.78 is 2.11. The van der Waals surface area contributed by atoms with Crippen LogP contribution in [0.1, 0.15) is 24.8 Å². The Morgan fingerprint density at radius 2 is 1.65 bits per heavy atom. The molecular weight excluding hydrogens is 446 g/mol. The number of anilines is 2. The molecule has 0 N–H and O–H groups in total. The van der Waals surface area contributed by atoms with Crippen molar-refractivity contribution in [1.29, 1.82) is 0 Å². The summed E-state index contributed by atoms with van der Waals surface area (Å²) in [6, 6.07) is 14.4. The first-order chi connectivity index (χ1) is 16.7. The average molecular weight is 478 g/mol. The summed E-state index contributed by atoms with van der Waals surface area (Å²) in [4.78, 5) is 23.9. The first-order valence-electron chi connectivity index (χ1n) is 12.0. The molecule has 0 spiro atoms. The van der Waals surface area contributed by atoms with Crippen molar-refractivity contribution in [2.75, 3.05) is 54.8 Å². The second-order valence-corrected chi connectivity index (χ2v) is 9.79. The molecule has 9 heteroatoms. The van der Waals surface area contributed by atoms with Gasteiger partial charge in [0.1, 0.15) is 5.82 Å². The van der Waals surface area contributed by atoms with Gasteiger partial charge in [0, 0.05) is 45.5 Å². The minimum Gasteiger partial charge on any atom is -0.353 e. The Morgan fingerprint density at radius 3 is 2.35 bits per heavy atom. The number of carbonyl (C=O) groups excluding carboxylic acids is 1. The lowest BCUT2D eigenvalue weighted by Crippen LogP contribution is -2.49. The molecule has 3 aromatic rings. The lowest BCUT2D eigenvalue weighted by Gasteiger charge is -2.35. The van der Waals surface area contributed by atoms with Gasteiger partial charge in [0.2, 0.25) is 11.9 Å². The highest BCUT2D eigenvalue weighted by molar-refractivity contribution is 7.99. The predicted molar refractivity (Wildman–Crippen MR) is 136 cm³/mol. The molecule has 1 amide bonds. The summed E-state index contributed by atoms with van der Waals surface area (Å²) in [5, 5.41) is 9.83. The summed E-state index contributed by atoms with van der Waals surface area (Å²) in [5.74, 6) is 2.35. The summed E-state index contributed by atoms with van der Waals surface area (Å²) in [7, 11) is 0. The molecule has 2 aliphatic heterocycles. The second-order valence-electron chi connectivity index (χ2n) is 8.85. The first kappa shape index (κ1) is 22.7. The van der Waals surface area contributed by atoms with Crippen LogP contribution >= 0.6 is 11.8 Å². The predicted octanol–water partition coefficient (Wildman–Crippen LogP) is 3.40. The van der Waals surface area contributed by atoms with Gasteiger partial charge in [0.25, 0.3) is 0 Å². The van der Waals surface area contributed by atoms with Crippen molar-refractivity contribution in [2.45, 2.75) is 31.3 Å². The van der Waals surface area contributed by atoms with Crippen LogP contribution in [0.25, 0.3) is 5.69 Å². The van der Waals surface area contributed by atoms with Crippen molar-refractivity contribution in [1.82, 2.24) is 24.6 Å². The first-order valence-corrected chi connectivity index (χ1v) is 13.0. The summed E-state index contributed by atoms with van der Waals surface area (Å²) >= 11 is 1.48. The maximum absolute atomic E-state index is 13.0. The van der Waals surface area contributed by atoms with E-state index in [-0.39, 0.29) is 5.91 Å². The Balaban J connectivity index is 1.26. The number of aromatic nitrogens is 4. The number of nitrogens with zero attached hydrogens (tertiary/aromatic N) is 7. The molecule has 0 unspecified atom stereocenters. The minimum atomic E-state index is 0.142. The van der Waals surface area contributed by atoms with Crippen molar-refractivity contribution in [3.8, 4) is 5.69 Å². The zero-order valence-electron chi connectivity index (χ0n) is 19.6. The molecule has 0 atom stereocenters. The standard InChI is InChI=1S/C25H31N7OS/c1-20-8-10-21(11-9-20)32-24(31-13-5-2-6-14-31)27-28-25(32)34-19-23(33)30-17-15-29(16-18-30)22-7-3-4-12-26-22/h3-4,7-12H,2,5-6,13-19H2,1H3. The maximum atomic E-state index is 13.0. The van der Waals surface area contributed by atoms with Crippen LogP contribution in [0.5, 0.6) is 0 Å². The summed E-state index contributed by atoms with van der Waals surface area (Å²) in [6.07, 6.45) is 5.42. The fraction of sp³-hybridized carbons (Fsp3) is 0.440. The number of carbonyl (C=O) groups is 1. The van der Waals surface area contributed by atoms with E-state index in [0.717, 1.165) is 48.8 Å². The van der Waals surface area contributed by atoms with Crippen LogP contribution in [0, 0.1) is 6.92 Å². The molecule has 0 bridgehead atoms. The van der Waals surface area contributed by atoms with Gasteiger partial charge < -0.3 is 14.7 Å². The third-order valence-corrected chi connectivity index (χ3v) is 7.39. The Kier molecular flexibility index (Phi) is 6.99. The van der Waals surface area contributed by atoms with E-state index >= 15 is 0 Å². The van der Waals surface area contributed by atoms with E-state index in [4.69, 9.17) is 0 Å². The van der Waals surface area contributed by atoms with Crippen LogP contribution < -0.4 is 9.80 Å². The van der Waals surface area contributed by atoms with Gasteiger partial charge in [-0.25, -0.2) is 4.98 Å². The number of rotatable bonds is 6. The third-order valence-electron chi connectivity index (χ3n) is 6.48. The molecule has 2 saturated heterocycles. The maximum Gasteiger partial charge on any atom is 0.233 e. The van der Waals surface area contributed by atoms with Crippen molar-refractivity contribution >= 4 is 29.4 Å². The molecule has 4 heterocycles. The molecule has 0 aliphatic carbocycles. The summed E-state index contributed by atoms with van der Waals surface area (Å²) in [6.45, 7) is 7.09. The van der Waals surface area contributed by atoms with Gasteiger partial charge in [-0.15, -0.1) is 10.2 Å². The molecule has 2 aromatic heterocycles. The molecule has 178 valence electrons. The van der Waals surface area contributed by atoms with Gasteiger partial charge in [0.15, 0.2) is 5.16 Å². The molecule has 0 saturated carbocycles. The number of thioether (sulfide) groups is 1. The second kappa shape index (κ2) is 10.5. The fourth-order valence-electron chi connectivity index (χ4n) is 4.52. The highest BCUT2D eigenvalue weighted by atomic mass is 32.2. The molecule has 34 heavy (non-hydrogen) atoms. The molecule has 0 radical (unpaired) electrons. The van der Waals surface area contributed by atoms with Crippen LogP contribution in [-0.2, 0) is 4.79 Å². The molecule has 8 nitrogen and oxygen atoms in total. The Labute approximate surface area is 205 Å². The molecule has 2 aliphatic rings. The van der Waals surface area contributed by atoms with Crippen LogP contribution in [0.4, 0.5) is 11.8 Å². The quantitative estimate of drug-likeness (QED) is 0.504. The minimum absolute atomic E-state index is 0.142. The summed E-state index contributed by atoms with van der Waals surface area (Å²) in [5.41, 5.74) is 2.25. The van der Waals surface area contributed by atoms with Crippen LogP contribution in [-0.4, -0.2) is 75.6 Å². The Bertz CT molecular complexity index is 1090. The molecule has 2 fully saturated rings. The van der Waals surface area contributed by atoms with Gasteiger partial charge in [-0.2, -0.15) is 0 Å². The van der Waals surface area contributed by atoms with Crippen LogP contribution in [0.2, 0.25) is 0 Å². The topological polar surface area (TPSA) is 70.4 Å². The van der Waals surface area contributed by atoms with Crippen LogP contribution in [0.3, 0.4) is 0 Å². The van der Waals surface area contributed by atoms with Crippen molar-refractivity contribution in [2.24, 2.45) is 0 Å². The Morgan fingerprint density at radius 1 is 0.882 bits per heavy atom. The highest BCUT2D eigenvalue weighted by Gasteiger charge is 2.25. The zero-order chi connectivity index (χ0) is 23.3. The van der Waals surface area contributed by atoms with E-state index in [1.807, 2.05) is 29.3 Å². The number of piperidine rings is 1. The van der Waals surface area contributed by atoms with Gasteiger partial charge in [-0.05, 0) is 50.5 Å². The number of aryl methyl sites for hydroxylation is 1. The zero-order valence-corrected chi connectivity index (χ0v) is 20.5. The van der Waals surface area contributed by atoms with E-state index < -0.39 is 0 Å². The number of benzene rings is 1. The number of pyridine rings is 1. The van der Waals surface area contributed by atoms with E-state index in [1.54, 1.807) is 0 Å². The Hall–Kier alpha value is -3.07. The number of piperazine rings is 1. The monoisotopic (exact) mass is 477 g/mol. The third kappa shape index (κ3) is 5.04. The van der Waals surface area contributed by atoms with Gasteiger partial charge in [-0.3, -0.25) is 9.36 Å². The normalized spacial score (nSPS) is 16.7. The van der Waals surface area contributed by atoms with E-state index in [1.165, 1.54) is 36.6 Å². The van der Waals surface area contributed by atoms with Crippen molar-refractivity contribution < 1.29 is 4.79 Å². The van der Waals surface area contributed by atoms with Crippen molar-refractivity contribution in [3.63, 3.8) is 0 Å². The van der Waals surface area contributed by atoms with Crippen molar-refractivity contribution in [3.05, 3.63) is 54.2 Å². The molecule has 1 aromatic carbocycles. The number of hydrogen-bond acceptors (Lipinski definition) is 7. The highest BCUT2D eigenvalue weighted by Crippen LogP contribution is 2.29.